The summed E-state index contributed by atoms with van der Waals surface area (Å²) in [5, 5.41) is 10.1. The lowest BCUT2D eigenvalue weighted by Crippen LogP contribution is -2.28. The van der Waals surface area contributed by atoms with Gasteiger partial charge in [0, 0.05) is 11.3 Å². The van der Waals surface area contributed by atoms with E-state index in [9.17, 15) is 5.11 Å². The zero-order valence-electron chi connectivity index (χ0n) is 7.12. The van der Waals surface area contributed by atoms with Crippen molar-refractivity contribution < 1.29 is 5.11 Å². The minimum atomic E-state index is -0.0724. The molecule has 1 N–H and O–H groups in total. The number of aliphatic hydroxyl groups excluding tert-OH is 1. The van der Waals surface area contributed by atoms with E-state index in [1.165, 1.54) is 19.3 Å². The first-order chi connectivity index (χ1) is 5.79. The van der Waals surface area contributed by atoms with Crippen molar-refractivity contribution in [3.8, 4) is 0 Å². The average Bonchev–Trinajstić information content (AvgIpc) is 2.61. The molecule has 3 fully saturated rings. The number of fused-ring (bicyclic) bond motifs is 5. The van der Waals surface area contributed by atoms with Gasteiger partial charge in [-0.25, -0.2) is 0 Å². The molecule has 3 aliphatic rings. The summed E-state index contributed by atoms with van der Waals surface area (Å²) in [6.45, 7) is 0. The molecule has 0 saturated heterocycles. The average molecular weight is 187 g/mol. The molecule has 0 aromatic heterocycles. The highest BCUT2D eigenvalue weighted by atomic mass is 35.5. The van der Waals surface area contributed by atoms with Gasteiger partial charge in [-0.3, -0.25) is 0 Å². The molecular formula is C10H15ClO. The zero-order chi connectivity index (χ0) is 8.29. The second-order valence-electron chi connectivity index (χ2n) is 4.75. The van der Waals surface area contributed by atoms with Gasteiger partial charge < -0.3 is 5.11 Å². The predicted molar refractivity (Wildman–Crippen MR) is 48.1 cm³/mol. The van der Waals surface area contributed by atoms with Gasteiger partial charge in [-0.2, -0.15) is 0 Å². The number of hydrogen-bond acceptors (Lipinski definition) is 1. The van der Waals surface area contributed by atoms with Crippen LogP contribution in [0.3, 0.4) is 0 Å². The number of halogens is 1. The Bertz CT molecular complexity index is 204. The van der Waals surface area contributed by atoms with E-state index in [4.69, 9.17) is 11.6 Å². The van der Waals surface area contributed by atoms with Gasteiger partial charge in [-0.15, -0.1) is 11.6 Å². The lowest BCUT2D eigenvalue weighted by molar-refractivity contribution is 0.0644. The molecule has 2 bridgehead atoms. The van der Waals surface area contributed by atoms with Gasteiger partial charge in [0.05, 0.1) is 6.10 Å². The van der Waals surface area contributed by atoms with Gasteiger partial charge >= 0.3 is 0 Å². The van der Waals surface area contributed by atoms with E-state index in [0.717, 1.165) is 18.3 Å². The fourth-order valence-corrected chi connectivity index (χ4v) is 4.67. The van der Waals surface area contributed by atoms with E-state index in [0.29, 0.717) is 17.2 Å². The van der Waals surface area contributed by atoms with Gasteiger partial charge in [0.25, 0.3) is 0 Å². The van der Waals surface area contributed by atoms with Crippen LogP contribution in [0.5, 0.6) is 0 Å². The van der Waals surface area contributed by atoms with Gasteiger partial charge in [0.1, 0.15) is 0 Å². The summed E-state index contributed by atoms with van der Waals surface area (Å²) in [5.41, 5.74) is 0. The molecule has 3 saturated carbocycles. The highest BCUT2D eigenvalue weighted by Crippen LogP contribution is 2.60. The second-order valence-corrected chi connectivity index (χ2v) is 5.25. The Kier molecular flexibility index (Phi) is 1.52. The van der Waals surface area contributed by atoms with Crippen molar-refractivity contribution in [3.63, 3.8) is 0 Å². The number of aliphatic hydroxyl groups is 1. The van der Waals surface area contributed by atoms with Crippen LogP contribution in [0.2, 0.25) is 0 Å². The molecule has 0 aliphatic heterocycles. The van der Waals surface area contributed by atoms with Crippen molar-refractivity contribution in [2.45, 2.75) is 37.2 Å². The highest BCUT2D eigenvalue weighted by Gasteiger charge is 2.58. The highest BCUT2D eigenvalue weighted by molar-refractivity contribution is 6.21. The maximum atomic E-state index is 9.75. The molecule has 6 atom stereocenters. The van der Waals surface area contributed by atoms with E-state index in [-0.39, 0.29) is 6.10 Å². The molecule has 6 unspecified atom stereocenters. The molecule has 3 rings (SSSR count). The van der Waals surface area contributed by atoms with Crippen LogP contribution in [0.4, 0.5) is 0 Å². The van der Waals surface area contributed by atoms with Crippen molar-refractivity contribution >= 4 is 11.6 Å². The van der Waals surface area contributed by atoms with E-state index < -0.39 is 0 Å². The van der Waals surface area contributed by atoms with Gasteiger partial charge in [-0.05, 0) is 37.0 Å². The lowest BCUT2D eigenvalue weighted by Gasteiger charge is -2.27. The summed E-state index contributed by atoms with van der Waals surface area (Å²) in [7, 11) is 0. The second kappa shape index (κ2) is 2.39. The Morgan fingerprint density at radius 1 is 1.08 bits per heavy atom. The molecule has 0 radical (unpaired) electrons. The van der Waals surface area contributed by atoms with Crippen LogP contribution >= 0.6 is 11.6 Å². The summed E-state index contributed by atoms with van der Waals surface area (Å²) < 4.78 is 0. The normalized spacial score (nSPS) is 62.5. The zero-order valence-corrected chi connectivity index (χ0v) is 7.87. The van der Waals surface area contributed by atoms with Gasteiger partial charge in [0.2, 0.25) is 0 Å². The molecule has 1 nitrogen and oxygen atoms in total. The standard InChI is InChI=1S/C10H15ClO/c11-10-7-4-8(12)9(10)6-3-1-2-5(6)7/h5-10,12H,1-4H2. The van der Waals surface area contributed by atoms with E-state index >= 15 is 0 Å². The molecular weight excluding hydrogens is 172 g/mol. The third kappa shape index (κ3) is 0.748. The van der Waals surface area contributed by atoms with Crippen LogP contribution in [0.25, 0.3) is 0 Å². The molecule has 3 aliphatic carbocycles. The smallest absolute Gasteiger partial charge is 0.0588 e. The number of hydrogen-bond donors (Lipinski definition) is 1. The summed E-state index contributed by atoms with van der Waals surface area (Å²) >= 11 is 6.31. The Morgan fingerprint density at radius 3 is 2.67 bits per heavy atom. The Hall–Kier alpha value is 0.250. The van der Waals surface area contributed by atoms with E-state index in [1.54, 1.807) is 0 Å². The number of rotatable bonds is 0. The molecule has 0 aromatic rings. The molecule has 68 valence electrons. The maximum absolute atomic E-state index is 9.75. The first-order valence-corrected chi connectivity index (χ1v) is 5.55. The molecule has 0 aromatic carbocycles. The monoisotopic (exact) mass is 186 g/mol. The van der Waals surface area contributed by atoms with Crippen molar-refractivity contribution in [3.05, 3.63) is 0 Å². The van der Waals surface area contributed by atoms with Gasteiger partial charge in [-0.1, -0.05) is 6.42 Å². The summed E-state index contributed by atoms with van der Waals surface area (Å²) in [4.78, 5) is 0. The summed E-state index contributed by atoms with van der Waals surface area (Å²) in [6, 6.07) is 0. The molecule has 12 heavy (non-hydrogen) atoms. The minimum Gasteiger partial charge on any atom is -0.393 e. The van der Waals surface area contributed by atoms with Crippen LogP contribution in [-0.2, 0) is 0 Å². The molecule has 0 spiro atoms. The summed E-state index contributed by atoms with van der Waals surface area (Å²) in [5.74, 6) is 2.76. The Balaban J connectivity index is 1.94. The fraction of sp³-hybridized carbons (Fsp3) is 1.00. The SMILES string of the molecule is OC1CC2C(Cl)C1C1CCCC21. The van der Waals surface area contributed by atoms with E-state index in [2.05, 4.69) is 0 Å². The van der Waals surface area contributed by atoms with Crippen LogP contribution in [-0.4, -0.2) is 16.6 Å². The first kappa shape index (κ1) is 7.64. The predicted octanol–water partition coefficient (Wildman–Crippen LogP) is 2.02. The first-order valence-electron chi connectivity index (χ1n) is 5.11. The van der Waals surface area contributed by atoms with Crippen LogP contribution in [0.15, 0.2) is 0 Å². The largest absolute Gasteiger partial charge is 0.393 e. The van der Waals surface area contributed by atoms with E-state index in [1.807, 2.05) is 0 Å². The fourth-order valence-electron chi connectivity index (χ4n) is 4.02. The van der Waals surface area contributed by atoms with Crippen molar-refractivity contribution in [2.75, 3.05) is 0 Å². The molecule has 0 amide bonds. The third-order valence-electron chi connectivity index (χ3n) is 4.40. The molecule has 0 heterocycles. The van der Waals surface area contributed by atoms with Crippen molar-refractivity contribution in [2.24, 2.45) is 23.7 Å². The van der Waals surface area contributed by atoms with Crippen LogP contribution < -0.4 is 0 Å². The Morgan fingerprint density at radius 2 is 1.83 bits per heavy atom. The molecule has 2 heteroatoms. The van der Waals surface area contributed by atoms with Crippen molar-refractivity contribution in [1.82, 2.24) is 0 Å². The van der Waals surface area contributed by atoms with Gasteiger partial charge in [0.15, 0.2) is 0 Å². The van der Waals surface area contributed by atoms with Crippen LogP contribution in [0, 0.1) is 23.7 Å². The van der Waals surface area contributed by atoms with Crippen molar-refractivity contribution in [1.29, 1.82) is 0 Å². The third-order valence-corrected chi connectivity index (χ3v) is 5.02. The topological polar surface area (TPSA) is 20.2 Å². The lowest BCUT2D eigenvalue weighted by atomic mass is 9.80. The quantitative estimate of drug-likeness (QED) is 0.574. The minimum absolute atomic E-state index is 0.0724. The van der Waals surface area contributed by atoms with Crippen LogP contribution in [0.1, 0.15) is 25.7 Å². The maximum Gasteiger partial charge on any atom is 0.0588 e. The Labute approximate surface area is 78.1 Å². The summed E-state index contributed by atoms with van der Waals surface area (Å²) in [6.07, 6.45) is 4.99. The number of alkyl halides is 1.